The molecule has 0 saturated heterocycles. The summed E-state index contributed by atoms with van der Waals surface area (Å²) in [5.41, 5.74) is 1.55. The lowest BCUT2D eigenvalue weighted by atomic mass is 10.1. The molecule has 0 aliphatic rings. The number of rotatable bonds is 7. The quantitative estimate of drug-likeness (QED) is 0.455. The average Bonchev–Trinajstić information content (AvgIpc) is 2.67. The Balaban J connectivity index is 1.96. The maximum Gasteiger partial charge on any atom is 0.295 e. The number of pyridine rings is 1. The van der Waals surface area contributed by atoms with E-state index in [0.29, 0.717) is 17.7 Å². The number of aromatic nitrogens is 5. The van der Waals surface area contributed by atoms with Crippen molar-refractivity contribution in [3.63, 3.8) is 0 Å². The number of halogens is 1. The minimum atomic E-state index is -0.235. The van der Waals surface area contributed by atoms with Crippen molar-refractivity contribution < 1.29 is 0 Å². The van der Waals surface area contributed by atoms with E-state index in [9.17, 15) is 4.79 Å². The van der Waals surface area contributed by atoms with Crippen molar-refractivity contribution in [1.82, 2.24) is 24.5 Å². The molecule has 7 nitrogen and oxygen atoms in total. The molecule has 0 saturated carbocycles. The Bertz CT molecular complexity index is 1020. The molecule has 0 amide bonds. The number of anilines is 1. The van der Waals surface area contributed by atoms with E-state index in [1.165, 1.54) is 6.20 Å². The van der Waals surface area contributed by atoms with Crippen LogP contribution in [0.4, 0.5) is 5.82 Å². The minimum absolute atomic E-state index is 0.0759. The Kier molecular flexibility index (Phi) is 6.51. The smallest absolute Gasteiger partial charge is 0.295 e. The van der Waals surface area contributed by atoms with Crippen molar-refractivity contribution >= 4 is 40.3 Å². The normalized spacial score (nSPS) is 12.5. The average molecular weight is 419 g/mol. The molecule has 0 spiro atoms. The molecular weight excluding hydrogens is 396 g/mol. The Morgan fingerprint density at radius 3 is 2.61 bits per heavy atom. The molecule has 0 unspecified atom stereocenters. The third-order valence-electron chi connectivity index (χ3n) is 4.52. The molecule has 1 N–H and O–H groups in total. The van der Waals surface area contributed by atoms with Crippen LogP contribution < -0.4 is 10.9 Å². The Morgan fingerprint density at radius 1 is 1.18 bits per heavy atom. The third-order valence-corrected chi connectivity index (χ3v) is 5.57. The second-order valence-corrected chi connectivity index (χ2v) is 8.42. The summed E-state index contributed by atoms with van der Waals surface area (Å²) in [6.45, 7) is 8.59. The monoisotopic (exact) mass is 418 g/mol. The SMILES string of the molecule is CCSc1ccc(CNc2nc3cnc(Cl)nc3n([C@@H](C)C(C)C)c2=O)nc1. The lowest BCUT2D eigenvalue weighted by molar-refractivity contribution is 0.406. The summed E-state index contributed by atoms with van der Waals surface area (Å²) in [4.78, 5) is 31.3. The van der Waals surface area contributed by atoms with Crippen LogP contribution in [0.3, 0.4) is 0 Å². The van der Waals surface area contributed by atoms with Crippen molar-refractivity contribution in [1.29, 1.82) is 0 Å². The van der Waals surface area contributed by atoms with Gasteiger partial charge in [0.05, 0.1) is 18.4 Å². The number of hydrogen-bond donors (Lipinski definition) is 1. The molecule has 1 atom stereocenters. The summed E-state index contributed by atoms with van der Waals surface area (Å²) in [5.74, 6) is 1.48. The highest BCUT2D eigenvalue weighted by Crippen LogP contribution is 2.21. The van der Waals surface area contributed by atoms with Crippen LogP contribution in [0, 0.1) is 5.92 Å². The molecule has 3 rings (SSSR count). The van der Waals surface area contributed by atoms with E-state index >= 15 is 0 Å². The van der Waals surface area contributed by atoms with Crippen LogP contribution >= 0.6 is 23.4 Å². The molecule has 0 bridgehead atoms. The molecule has 148 valence electrons. The van der Waals surface area contributed by atoms with Gasteiger partial charge in [0, 0.05) is 17.1 Å². The van der Waals surface area contributed by atoms with Crippen molar-refractivity contribution in [2.45, 2.75) is 45.2 Å². The van der Waals surface area contributed by atoms with Crippen LogP contribution in [0.5, 0.6) is 0 Å². The maximum absolute atomic E-state index is 13.1. The van der Waals surface area contributed by atoms with Crippen molar-refractivity contribution in [2.75, 3.05) is 11.1 Å². The first-order chi connectivity index (χ1) is 13.4. The molecule has 3 heterocycles. The predicted molar refractivity (Wildman–Crippen MR) is 114 cm³/mol. The number of fused-ring (bicyclic) bond motifs is 1. The van der Waals surface area contributed by atoms with Crippen molar-refractivity contribution in [3.8, 4) is 0 Å². The van der Waals surface area contributed by atoms with Gasteiger partial charge >= 0.3 is 0 Å². The lowest BCUT2D eigenvalue weighted by Crippen LogP contribution is -2.30. The minimum Gasteiger partial charge on any atom is -0.360 e. The molecule has 9 heteroatoms. The van der Waals surface area contributed by atoms with Gasteiger partial charge in [-0.1, -0.05) is 20.8 Å². The summed E-state index contributed by atoms with van der Waals surface area (Å²) in [6.07, 6.45) is 3.38. The van der Waals surface area contributed by atoms with E-state index in [0.717, 1.165) is 16.3 Å². The number of nitrogens with zero attached hydrogens (tertiary/aromatic N) is 5. The first-order valence-corrected chi connectivity index (χ1v) is 10.5. The first kappa shape index (κ1) is 20.5. The van der Waals surface area contributed by atoms with E-state index in [4.69, 9.17) is 11.6 Å². The standard InChI is InChI=1S/C19H23ClN6OS/c1-5-28-14-7-6-13(21-9-14)8-22-16-18(27)26(12(4)11(2)3)17-15(24-16)10-23-19(20)25-17/h6-7,9-12H,5,8H2,1-4H3,(H,22,24)/t12-/m0/s1. The van der Waals surface area contributed by atoms with Crippen LogP contribution in [-0.4, -0.2) is 30.3 Å². The fourth-order valence-corrected chi connectivity index (χ4v) is 3.47. The van der Waals surface area contributed by atoms with E-state index < -0.39 is 0 Å². The highest BCUT2D eigenvalue weighted by atomic mass is 35.5. The summed E-state index contributed by atoms with van der Waals surface area (Å²) >= 11 is 7.69. The van der Waals surface area contributed by atoms with Gasteiger partial charge in [-0.3, -0.25) is 14.3 Å². The van der Waals surface area contributed by atoms with Crippen molar-refractivity contribution in [2.24, 2.45) is 5.92 Å². The van der Waals surface area contributed by atoms with Crippen LogP contribution in [0.1, 0.15) is 39.4 Å². The molecule has 0 fully saturated rings. The second-order valence-electron chi connectivity index (χ2n) is 6.74. The van der Waals surface area contributed by atoms with Gasteiger partial charge in [-0.05, 0) is 42.3 Å². The molecule has 0 radical (unpaired) electrons. The summed E-state index contributed by atoms with van der Waals surface area (Å²) in [7, 11) is 0. The number of thioether (sulfide) groups is 1. The molecular formula is C19H23ClN6OS. The zero-order valence-corrected chi connectivity index (χ0v) is 17.9. The van der Waals surface area contributed by atoms with Crippen LogP contribution in [0.25, 0.3) is 11.2 Å². The Hall–Kier alpha value is -2.19. The van der Waals surface area contributed by atoms with Gasteiger partial charge in [0.1, 0.15) is 5.52 Å². The zero-order valence-electron chi connectivity index (χ0n) is 16.3. The highest BCUT2D eigenvalue weighted by molar-refractivity contribution is 7.99. The molecule has 0 aliphatic carbocycles. The lowest BCUT2D eigenvalue weighted by Gasteiger charge is -2.21. The molecule has 3 aromatic rings. The van der Waals surface area contributed by atoms with Crippen molar-refractivity contribution in [3.05, 3.63) is 45.9 Å². The molecule has 0 aromatic carbocycles. The largest absolute Gasteiger partial charge is 0.360 e. The topological polar surface area (TPSA) is 85.6 Å². The van der Waals surface area contributed by atoms with Gasteiger partial charge in [0.15, 0.2) is 11.5 Å². The van der Waals surface area contributed by atoms with Gasteiger partial charge in [0.2, 0.25) is 5.28 Å². The summed E-state index contributed by atoms with van der Waals surface area (Å²) in [6, 6.07) is 3.90. The maximum atomic E-state index is 13.1. The van der Waals surface area contributed by atoms with E-state index in [2.05, 4.69) is 46.0 Å². The Morgan fingerprint density at radius 2 is 1.96 bits per heavy atom. The fourth-order valence-electron chi connectivity index (χ4n) is 2.71. The van der Waals surface area contributed by atoms with Gasteiger partial charge in [-0.15, -0.1) is 11.8 Å². The first-order valence-electron chi connectivity index (χ1n) is 9.17. The third kappa shape index (κ3) is 4.44. The van der Waals surface area contributed by atoms with E-state index in [-0.39, 0.29) is 28.6 Å². The number of hydrogen-bond acceptors (Lipinski definition) is 7. The van der Waals surface area contributed by atoms with Crippen LogP contribution in [0.2, 0.25) is 5.28 Å². The number of nitrogens with one attached hydrogen (secondary N) is 1. The Labute approximate surface area is 173 Å². The molecule has 28 heavy (non-hydrogen) atoms. The van der Waals surface area contributed by atoms with Gasteiger partial charge in [-0.2, -0.15) is 4.98 Å². The summed E-state index contributed by atoms with van der Waals surface area (Å²) in [5, 5.41) is 3.21. The van der Waals surface area contributed by atoms with Gasteiger partial charge < -0.3 is 5.32 Å². The summed E-state index contributed by atoms with van der Waals surface area (Å²) < 4.78 is 1.64. The predicted octanol–water partition coefficient (Wildman–Crippen LogP) is 4.18. The van der Waals surface area contributed by atoms with Crippen LogP contribution in [-0.2, 0) is 6.54 Å². The molecule has 3 aromatic heterocycles. The fraction of sp³-hybridized carbons (Fsp3) is 0.421. The van der Waals surface area contributed by atoms with E-state index in [1.54, 1.807) is 16.3 Å². The van der Waals surface area contributed by atoms with Gasteiger partial charge in [0.25, 0.3) is 5.56 Å². The second kappa shape index (κ2) is 8.87. The molecule has 0 aliphatic heterocycles. The highest BCUT2D eigenvalue weighted by Gasteiger charge is 2.19. The van der Waals surface area contributed by atoms with Crippen LogP contribution in [0.15, 0.2) is 34.2 Å². The van der Waals surface area contributed by atoms with Gasteiger partial charge in [-0.25, -0.2) is 9.97 Å². The zero-order chi connectivity index (χ0) is 20.3. The van der Waals surface area contributed by atoms with E-state index in [1.807, 2.05) is 25.3 Å².